The van der Waals surface area contributed by atoms with Crippen LogP contribution >= 0.6 is 0 Å². The fraction of sp³-hybridized carbons (Fsp3) is 0. The summed E-state index contributed by atoms with van der Waals surface area (Å²) in [5.41, 5.74) is 0.654. The van der Waals surface area contributed by atoms with Crippen molar-refractivity contribution in [3.8, 4) is 11.5 Å². The van der Waals surface area contributed by atoms with Gasteiger partial charge in [0.2, 0.25) is 0 Å². The Labute approximate surface area is 100 Å². The molecule has 0 bridgehead atoms. The average Bonchev–Trinajstić information content (AvgIpc) is 2.68. The third-order valence-corrected chi connectivity index (χ3v) is 2.37. The molecule has 2 heterocycles. The Morgan fingerprint density at radius 1 is 1.17 bits per heavy atom. The summed E-state index contributed by atoms with van der Waals surface area (Å²) in [5, 5.41) is 0. The zero-order valence-electron chi connectivity index (χ0n) is 9.11. The van der Waals surface area contributed by atoms with Crippen molar-refractivity contribution in [2.45, 2.75) is 0 Å². The molecule has 3 aromatic rings. The number of pyridine rings is 1. The molecule has 0 unspecified atom stereocenters. The highest BCUT2D eigenvalue weighted by molar-refractivity contribution is 5.71. The Morgan fingerprint density at radius 2 is 2.06 bits per heavy atom. The minimum atomic E-state index is -0.378. The van der Waals surface area contributed by atoms with Crippen LogP contribution in [0, 0.1) is 5.82 Å². The molecule has 0 aliphatic carbocycles. The van der Waals surface area contributed by atoms with Crippen molar-refractivity contribution in [1.29, 1.82) is 0 Å². The number of nitrogens with zero attached hydrogens (tertiary/aromatic N) is 1. The Kier molecular flexibility index (Phi) is 2.33. The molecule has 0 saturated carbocycles. The number of benzene rings is 1. The van der Waals surface area contributed by atoms with E-state index in [1.54, 1.807) is 18.2 Å². The van der Waals surface area contributed by atoms with Crippen molar-refractivity contribution >= 4 is 11.2 Å². The number of fused-ring (bicyclic) bond motifs is 1. The lowest BCUT2D eigenvalue weighted by atomic mass is 10.3. The lowest BCUT2D eigenvalue weighted by Crippen LogP contribution is -1.99. The molecule has 5 nitrogen and oxygen atoms in total. The number of hydrogen-bond donors (Lipinski definition) is 2. The number of H-pyrrole nitrogens is 2. The van der Waals surface area contributed by atoms with E-state index >= 15 is 0 Å². The summed E-state index contributed by atoms with van der Waals surface area (Å²) in [6.07, 6.45) is 1.46. The van der Waals surface area contributed by atoms with Gasteiger partial charge in [-0.25, -0.2) is 14.2 Å². The van der Waals surface area contributed by atoms with E-state index in [9.17, 15) is 9.18 Å². The first-order valence-electron chi connectivity index (χ1n) is 5.22. The lowest BCUT2D eigenvalue weighted by molar-refractivity contribution is 0.475. The van der Waals surface area contributed by atoms with Gasteiger partial charge in [0.1, 0.15) is 17.3 Å². The predicted molar refractivity (Wildman–Crippen MR) is 63.2 cm³/mol. The number of aromatic nitrogens is 3. The molecular formula is C12H8FN3O2. The normalized spacial score (nSPS) is 10.7. The number of nitrogens with one attached hydrogen (secondary N) is 2. The van der Waals surface area contributed by atoms with E-state index in [4.69, 9.17) is 4.74 Å². The first-order chi connectivity index (χ1) is 8.70. The second kappa shape index (κ2) is 3.99. The Bertz CT molecular complexity index is 763. The molecule has 3 rings (SSSR count). The van der Waals surface area contributed by atoms with Crippen LogP contribution in [0.3, 0.4) is 0 Å². The van der Waals surface area contributed by atoms with Crippen molar-refractivity contribution in [3.63, 3.8) is 0 Å². The van der Waals surface area contributed by atoms with E-state index < -0.39 is 0 Å². The van der Waals surface area contributed by atoms with Crippen LogP contribution in [0.4, 0.5) is 4.39 Å². The molecule has 1 aromatic carbocycles. The number of imidazole rings is 1. The van der Waals surface area contributed by atoms with Gasteiger partial charge < -0.3 is 9.72 Å². The van der Waals surface area contributed by atoms with Gasteiger partial charge in [-0.3, -0.25) is 4.98 Å². The molecule has 6 heteroatoms. The summed E-state index contributed by atoms with van der Waals surface area (Å²) in [4.78, 5) is 20.2. The van der Waals surface area contributed by atoms with Gasteiger partial charge in [0.05, 0.1) is 11.7 Å². The molecule has 18 heavy (non-hydrogen) atoms. The molecule has 0 saturated heterocycles. The maximum absolute atomic E-state index is 13.0. The number of halogens is 1. The standard InChI is InChI=1S/C12H8FN3O2/c13-7-2-1-3-8(4-7)18-9-5-10-11(14-6-9)16-12(17)15-10/h1-6H,(H2,14,15,16,17). The molecule has 0 fully saturated rings. The van der Waals surface area contributed by atoms with Crippen molar-refractivity contribution in [2.24, 2.45) is 0 Å². The topological polar surface area (TPSA) is 70.8 Å². The van der Waals surface area contributed by atoms with Gasteiger partial charge in [0.25, 0.3) is 0 Å². The molecule has 2 N–H and O–H groups in total. The molecule has 0 amide bonds. The van der Waals surface area contributed by atoms with E-state index in [1.807, 2.05) is 0 Å². The Hall–Kier alpha value is -2.63. The van der Waals surface area contributed by atoms with Crippen LogP contribution in [-0.4, -0.2) is 15.0 Å². The van der Waals surface area contributed by atoms with Crippen LogP contribution in [0.25, 0.3) is 11.2 Å². The van der Waals surface area contributed by atoms with Gasteiger partial charge in [-0.1, -0.05) is 6.07 Å². The van der Waals surface area contributed by atoms with E-state index in [0.29, 0.717) is 22.7 Å². The molecule has 0 aliphatic heterocycles. The van der Waals surface area contributed by atoms with E-state index in [0.717, 1.165) is 0 Å². The summed E-state index contributed by atoms with van der Waals surface area (Å²) in [7, 11) is 0. The minimum absolute atomic E-state index is 0.333. The Morgan fingerprint density at radius 3 is 2.89 bits per heavy atom. The molecule has 0 aliphatic rings. The monoisotopic (exact) mass is 245 g/mol. The number of rotatable bonds is 2. The van der Waals surface area contributed by atoms with Crippen LogP contribution in [-0.2, 0) is 0 Å². The predicted octanol–water partition coefficient (Wildman–Crippen LogP) is 2.18. The van der Waals surface area contributed by atoms with E-state index in [2.05, 4.69) is 15.0 Å². The quantitative estimate of drug-likeness (QED) is 0.727. The van der Waals surface area contributed by atoms with E-state index in [-0.39, 0.29) is 11.5 Å². The van der Waals surface area contributed by atoms with Crippen LogP contribution in [0.2, 0.25) is 0 Å². The third kappa shape index (κ3) is 1.95. The first kappa shape index (κ1) is 10.5. The van der Waals surface area contributed by atoms with Gasteiger partial charge >= 0.3 is 5.69 Å². The third-order valence-electron chi connectivity index (χ3n) is 2.37. The smallest absolute Gasteiger partial charge is 0.325 e. The maximum atomic E-state index is 13.0. The molecule has 2 aromatic heterocycles. The van der Waals surface area contributed by atoms with Gasteiger partial charge in [-0.15, -0.1) is 0 Å². The summed E-state index contributed by atoms with van der Waals surface area (Å²) in [6, 6.07) is 7.40. The molecule has 0 atom stereocenters. The molecule has 90 valence electrons. The zero-order valence-corrected chi connectivity index (χ0v) is 9.11. The van der Waals surface area contributed by atoms with Crippen LogP contribution in [0.5, 0.6) is 11.5 Å². The Balaban J connectivity index is 1.97. The first-order valence-corrected chi connectivity index (χ1v) is 5.22. The fourth-order valence-electron chi connectivity index (χ4n) is 1.62. The molecule has 0 spiro atoms. The minimum Gasteiger partial charge on any atom is -0.456 e. The van der Waals surface area contributed by atoms with Gasteiger partial charge in [-0.05, 0) is 12.1 Å². The van der Waals surface area contributed by atoms with Crippen LogP contribution in [0.15, 0.2) is 41.3 Å². The summed E-state index contributed by atoms with van der Waals surface area (Å²) in [5.74, 6) is 0.411. The highest BCUT2D eigenvalue weighted by atomic mass is 19.1. The van der Waals surface area contributed by atoms with E-state index in [1.165, 1.54) is 18.3 Å². The fourth-order valence-corrected chi connectivity index (χ4v) is 1.62. The second-order valence-electron chi connectivity index (χ2n) is 3.71. The van der Waals surface area contributed by atoms with Crippen molar-refractivity contribution in [2.75, 3.05) is 0 Å². The summed E-state index contributed by atoms with van der Waals surface area (Å²) < 4.78 is 18.4. The largest absolute Gasteiger partial charge is 0.456 e. The molecule has 0 radical (unpaired) electrons. The zero-order chi connectivity index (χ0) is 12.5. The average molecular weight is 245 g/mol. The van der Waals surface area contributed by atoms with Crippen LogP contribution < -0.4 is 10.4 Å². The van der Waals surface area contributed by atoms with Crippen molar-refractivity contribution in [3.05, 3.63) is 52.8 Å². The SMILES string of the molecule is O=c1[nH]c2cc(Oc3cccc(F)c3)cnc2[nH]1. The second-order valence-corrected chi connectivity index (χ2v) is 3.71. The highest BCUT2D eigenvalue weighted by Gasteiger charge is 2.03. The number of aromatic amines is 2. The molecular weight excluding hydrogens is 237 g/mol. The lowest BCUT2D eigenvalue weighted by Gasteiger charge is -2.04. The number of ether oxygens (including phenoxy) is 1. The summed E-state index contributed by atoms with van der Waals surface area (Å²) in [6.45, 7) is 0. The van der Waals surface area contributed by atoms with Crippen molar-refractivity contribution in [1.82, 2.24) is 15.0 Å². The van der Waals surface area contributed by atoms with Gasteiger partial charge in [-0.2, -0.15) is 0 Å². The number of hydrogen-bond acceptors (Lipinski definition) is 3. The van der Waals surface area contributed by atoms with Crippen molar-refractivity contribution < 1.29 is 9.13 Å². The summed E-state index contributed by atoms with van der Waals surface area (Å²) >= 11 is 0. The van der Waals surface area contributed by atoms with Gasteiger partial charge in [0, 0.05) is 12.1 Å². The van der Waals surface area contributed by atoms with Crippen LogP contribution in [0.1, 0.15) is 0 Å². The van der Waals surface area contributed by atoms with Gasteiger partial charge in [0.15, 0.2) is 5.65 Å². The maximum Gasteiger partial charge on any atom is 0.325 e. The highest BCUT2D eigenvalue weighted by Crippen LogP contribution is 2.22.